The van der Waals surface area contributed by atoms with Gasteiger partial charge in [-0.1, -0.05) is 44.4 Å². The molecule has 1 saturated heterocycles. The number of para-hydroxylation sites is 1. The molecule has 4 rings (SSSR count). The van der Waals surface area contributed by atoms with Crippen molar-refractivity contribution in [3.8, 4) is 0 Å². The topological polar surface area (TPSA) is 51.3 Å². The summed E-state index contributed by atoms with van der Waals surface area (Å²) in [4.78, 5) is 4.15. The third-order valence-corrected chi connectivity index (χ3v) is 6.10. The van der Waals surface area contributed by atoms with E-state index < -0.39 is 0 Å². The maximum absolute atomic E-state index is 4.50. The summed E-state index contributed by atoms with van der Waals surface area (Å²) in [5.41, 5.74) is 1.34. The third kappa shape index (κ3) is 3.61. The van der Waals surface area contributed by atoms with E-state index >= 15 is 0 Å². The van der Waals surface area contributed by atoms with E-state index in [0.717, 1.165) is 38.4 Å². The molecule has 140 valence electrons. The van der Waals surface area contributed by atoms with Gasteiger partial charge in [0, 0.05) is 12.1 Å². The second kappa shape index (κ2) is 8.16. The molecule has 0 unspecified atom stereocenters. The molecule has 1 N–H and O–H groups in total. The van der Waals surface area contributed by atoms with E-state index in [4.69, 9.17) is 0 Å². The first-order valence-corrected chi connectivity index (χ1v) is 10.3. The maximum Gasteiger partial charge on any atom is 0.209 e. The first-order chi connectivity index (χ1) is 12.9. The van der Waals surface area contributed by atoms with Crippen molar-refractivity contribution in [2.24, 2.45) is 0 Å². The van der Waals surface area contributed by atoms with Gasteiger partial charge in [0.25, 0.3) is 0 Å². The first kappa shape index (κ1) is 17.5. The van der Waals surface area contributed by atoms with E-state index in [1.54, 1.807) is 4.90 Å². The number of benzene rings is 1. The lowest BCUT2D eigenvalue weighted by Gasteiger charge is -2.37. The zero-order valence-electron chi connectivity index (χ0n) is 15.8. The summed E-state index contributed by atoms with van der Waals surface area (Å²) in [6.07, 6.45) is 7.42. The molecule has 0 spiro atoms. The van der Waals surface area contributed by atoms with Crippen LogP contribution in [0.25, 0.3) is 0 Å². The van der Waals surface area contributed by atoms with Gasteiger partial charge in [-0.3, -0.25) is 0 Å². The molecule has 0 radical (unpaired) electrons. The normalized spacial score (nSPS) is 20.6. The van der Waals surface area contributed by atoms with Crippen LogP contribution in [0.4, 0.5) is 5.69 Å². The van der Waals surface area contributed by atoms with Crippen LogP contribution in [0.5, 0.6) is 0 Å². The molecule has 26 heavy (non-hydrogen) atoms. The molecule has 6 heteroatoms. The van der Waals surface area contributed by atoms with Gasteiger partial charge in [-0.15, -0.1) is 5.10 Å². The lowest BCUT2D eigenvalue weighted by Crippen LogP contribution is -3.15. The number of tetrazole rings is 1. The van der Waals surface area contributed by atoms with Crippen molar-refractivity contribution in [1.29, 1.82) is 0 Å². The van der Waals surface area contributed by atoms with Crippen molar-refractivity contribution >= 4 is 5.69 Å². The summed E-state index contributed by atoms with van der Waals surface area (Å²) in [5.74, 6) is 1.13. The van der Waals surface area contributed by atoms with Crippen LogP contribution in [-0.4, -0.2) is 46.4 Å². The van der Waals surface area contributed by atoms with Crippen LogP contribution >= 0.6 is 0 Å². The fourth-order valence-corrected chi connectivity index (χ4v) is 4.68. The highest BCUT2D eigenvalue weighted by atomic mass is 15.6. The zero-order valence-corrected chi connectivity index (χ0v) is 15.8. The van der Waals surface area contributed by atoms with Crippen LogP contribution in [0.15, 0.2) is 30.3 Å². The first-order valence-electron chi connectivity index (χ1n) is 10.3. The Hall–Kier alpha value is -1.95. The van der Waals surface area contributed by atoms with E-state index in [-0.39, 0.29) is 0 Å². The van der Waals surface area contributed by atoms with Gasteiger partial charge in [-0.05, 0) is 35.4 Å². The van der Waals surface area contributed by atoms with Gasteiger partial charge in [0.05, 0.1) is 32.2 Å². The Morgan fingerprint density at radius 3 is 2.54 bits per heavy atom. The largest absolute Gasteiger partial charge is 0.360 e. The standard InChI is InChI=1S/C20H30N6/c1-2-8-19(20-21-22-23-26(20)18-11-6-7-12-18)25-15-13-24(14-16-25)17-9-4-3-5-10-17/h3-5,9-10,18-19H,2,6-8,11-16H2,1H3/p+1/t19-/m1/s1. The summed E-state index contributed by atoms with van der Waals surface area (Å²) >= 11 is 0. The Kier molecular flexibility index (Phi) is 5.48. The number of rotatable bonds is 6. The number of quaternary nitrogens is 1. The van der Waals surface area contributed by atoms with Gasteiger partial charge >= 0.3 is 0 Å². The summed E-state index contributed by atoms with van der Waals surface area (Å²) < 4.78 is 2.17. The molecule has 2 heterocycles. The molecule has 1 aliphatic carbocycles. The molecule has 1 aromatic heterocycles. The molecule has 2 aromatic rings. The van der Waals surface area contributed by atoms with Crippen LogP contribution < -0.4 is 9.80 Å². The highest BCUT2D eigenvalue weighted by molar-refractivity contribution is 5.46. The predicted octanol–water partition coefficient (Wildman–Crippen LogP) is 2.03. The van der Waals surface area contributed by atoms with Crippen LogP contribution in [0, 0.1) is 0 Å². The summed E-state index contributed by atoms with van der Waals surface area (Å²) in [6.45, 7) is 6.78. The average Bonchev–Trinajstić information content (AvgIpc) is 3.38. The monoisotopic (exact) mass is 355 g/mol. The van der Waals surface area contributed by atoms with E-state index in [2.05, 4.69) is 62.4 Å². The van der Waals surface area contributed by atoms with E-state index in [1.165, 1.54) is 37.8 Å². The van der Waals surface area contributed by atoms with Crippen molar-refractivity contribution in [1.82, 2.24) is 20.2 Å². The highest BCUT2D eigenvalue weighted by Gasteiger charge is 2.34. The summed E-state index contributed by atoms with van der Waals surface area (Å²) in [7, 11) is 0. The number of hydrogen-bond donors (Lipinski definition) is 1. The molecule has 1 saturated carbocycles. The molecule has 0 amide bonds. The Labute approximate surface area is 156 Å². The molecule has 1 atom stereocenters. The lowest BCUT2D eigenvalue weighted by atomic mass is 10.1. The minimum atomic E-state index is 0.425. The van der Waals surface area contributed by atoms with Crippen LogP contribution in [0.2, 0.25) is 0 Å². The maximum atomic E-state index is 4.50. The second-order valence-corrected chi connectivity index (χ2v) is 7.74. The van der Waals surface area contributed by atoms with Crippen molar-refractivity contribution in [3.05, 3.63) is 36.2 Å². The molecule has 2 aliphatic rings. The summed E-state index contributed by atoms with van der Waals surface area (Å²) in [5, 5.41) is 13.0. The van der Waals surface area contributed by atoms with Crippen LogP contribution in [-0.2, 0) is 0 Å². The fraction of sp³-hybridized carbons (Fsp3) is 0.650. The Morgan fingerprint density at radius 1 is 1.12 bits per heavy atom. The number of piperazine rings is 1. The number of aromatic nitrogens is 4. The molecule has 1 aliphatic heterocycles. The van der Waals surface area contributed by atoms with Gasteiger partial charge in [0.2, 0.25) is 5.82 Å². The van der Waals surface area contributed by atoms with Crippen molar-refractivity contribution < 1.29 is 4.90 Å². The lowest BCUT2D eigenvalue weighted by molar-refractivity contribution is -0.933. The van der Waals surface area contributed by atoms with Crippen molar-refractivity contribution in [2.45, 2.75) is 57.5 Å². The summed E-state index contributed by atoms with van der Waals surface area (Å²) in [6, 6.07) is 11.7. The SMILES string of the molecule is CCC[C@H](c1nnnn1C1CCCC1)[NH+]1CCN(c2ccccc2)CC1. The average molecular weight is 356 g/mol. The molecular weight excluding hydrogens is 324 g/mol. The number of hydrogen-bond acceptors (Lipinski definition) is 4. The highest BCUT2D eigenvalue weighted by Crippen LogP contribution is 2.30. The predicted molar refractivity (Wildman–Crippen MR) is 102 cm³/mol. The van der Waals surface area contributed by atoms with E-state index in [1.807, 2.05) is 0 Å². The molecule has 2 fully saturated rings. The number of anilines is 1. The molecule has 6 nitrogen and oxygen atoms in total. The van der Waals surface area contributed by atoms with Gasteiger partial charge in [0.1, 0.15) is 6.04 Å². The smallest absolute Gasteiger partial charge is 0.209 e. The van der Waals surface area contributed by atoms with Crippen LogP contribution in [0.3, 0.4) is 0 Å². The van der Waals surface area contributed by atoms with Gasteiger partial charge in [-0.25, -0.2) is 4.68 Å². The third-order valence-electron chi connectivity index (χ3n) is 6.10. The van der Waals surface area contributed by atoms with E-state index in [0.29, 0.717) is 12.1 Å². The van der Waals surface area contributed by atoms with Crippen LogP contribution in [0.1, 0.15) is 63.4 Å². The zero-order chi connectivity index (χ0) is 17.8. The fourth-order valence-electron chi connectivity index (χ4n) is 4.68. The van der Waals surface area contributed by atoms with Crippen molar-refractivity contribution in [3.63, 3.8) is 0 Å². The van der Waals surface area contributed by atoms with Crippen molar-refractivity contribution in [2.75, 3.05) is 31.1 Å². The molecule has 1 aromatic carbocycles. The Bertz CT molecular complexity index is 671. The number of nitrogens with one attached hydrogen (secondary N) is 1. The second-order valence-electron chi connectivity index (χ2n) is 7.74. The minimum absolute atomic E-state index is 0.425. The van der Waals surface area contributed by atoms with Gasteiger partial charge in [-0.2, -0.15) is 0 Å². The quantitative estimate of drug-likeness (QED) is 0.861. The molecular formula is C20H31N6+. The van der Waals surface area contributed by atoms with Gasteiger partial charge in [0.15, 0.2) is 0 Å². The van der Waals surface area contributed by atoms with Gasteiger partial charge < -0.3 is 9.80 Å². The molecule has 0 bridgehead atoms. The number of nitrogens with zero attached hydrogens (tertiary/aromatic N) is 5. The van der Waals surface area contributed by atoms with E-state index in [9.17, 15) is 0 Å². The Balaban J connectivity index is 1.47. The Morgan fingerprint density at radius 2 is 1.85 bits per heavy atom. The minimum Gasteiger partial charge on any atom is -0.360 e.